The highest BCUT2D eigenvalue weighted by Gasteiger charge is 2.29. The third kappa shape index (κ3) is 4.79. The van der Waals surface area contributed by atoms with Gasteiger partial charge >= 0.3 is 5.97 Å². The number of aliphatic carboxylic acids is 1. The third-order valence-electron chi connectivity index (χ3n) is 4.39. The Bertz CT molecular complexity index is 646. The Morgan fingerprint density at radius 3 is 2.72 bits per heavy atom. The number of benzene rings is 1. The standard InChI is InChI=1S/C18H24N2O5/c1-19(17(22)15-8-4-3-6-14(15)12-25-2)11-16(21)20-9-5-7-13(10-20)18(23)24/h3-4,6,8,13H,5,7,9-12H2,1-2H3,(H,23,24)/t13-/m0/s1. The normalized spacial score (nSPS) is 17.2. The maximum atomic E-state index is 12.6. The maximum Gasteiger partial charge on any atom is 0.308 e. The number of carbonyl (C=O) groups excluding carboxylic acids is 2. The van der Waals surface area contributed by atoms with Crippen molar-refractivity contribution in [2.24, 2.45) is 5.92 Å². The fraction of sp³-hybridized carbons (Fsp3) is 0.500. The molecule has 1 heterocycles. The molecule has 0 aromatic heterocycles. The van der Waals surface area contributed by atoms with E-state index < -0.39 is 11.9 Å². The second kappa shape index (κ2) is 8.62. The monoisotopic (exact) mass is 348 g/mol. The quantitative estimate of drug-likeness (QED) is 0.835. The first-order valence-electron chi connectivity index (χ1n) is 8.27. The lowest BCUT2D eigenvalue weighted by molar-refractivity contribution is -0.145. The summed E-state index contributed by atoms with van der Waals surface area (Å²) in [6, 6.07) is 7.12. The molecule has 1 aromatic carbocycles. The Balaban J connectivity index is 2.01. The Hall–Kier alpha value is -2.41. The smallest absolute Gasteiger partial charge is 0.308 e. The number of amides is 2. The molecule has 0 spiro atoms. The number of rotatable bonds is 6. The highest BCUT2D eigenvalue weighted by Crippen LogP contribution is 2.17. The van der Waals surface area contributed by atoms with Gasteiger partial charge in [0.25, 0.3) is 5.91 Å². The lowest BCUT2D eigenvalue weighted by Gasteiger charge is -2.32. The molecule has 0 radical (unpaired) electrons. The van der Waals surface area contributed by atoms with E-state index in [0.717, 1.165) is 5.56 Å². The van der Waals surface area contributed by atoms with Crippen LogP contribution in [0.25, 0.3) is 0 Å². The molecule has 1 aliphatic rings. The van der Waals surface area contributed by atoms with E-state index in [4.69, 9.17) is 9.84 Å². The van der Waals surface area contributed by atoms with Crippen LogP contribution in [0.2, 0.25) is 0 Å². The van der Waals surface area contributed by atoms with E-state index in [0.29, 0.717) is 31.6 Å². The summed E-state index contributed by atoms with van der Waals surface area (Å²) in [6.45, 7) is 0.976. The van der Waals surface area contributed by atoms with Crippen LogP contribution in [0.4, 0.5) is 0 Å². The van der Waals surface area contributed by atoms with Crippen molar-refractivity contribution in [1.82, 2.24) is 9.80 Å². The summed E-state index contributed by atoms with van der Waals surface area (Å²) in [6.07, 6.45) is 1.25. The van der Waals surface area contributed by atoms with Crippen molar-refractivity contribution in [2.45, 2.75) is 19.4 Å². The van der Waals surface area contributed by atoms with Crippen molar-refractivity contribution in [2.75, 3.05) is 33.8 Å². The number of piperidine rings is 1. The predicted octanol–water partition coefficient (Wildman–Crippen LogP) is 1.23. The predicted molar refractivity (Wildman–Crippen MR) is 91.1 cm³/mol. The summed E-state index contributed by atoms with van der Waals surface area (Å²) in [5, 5.41) is 9.12. The Morgan fingerprint density at radius 2 is 2.04 bits per heavy atom. The fourth-order valence-electron chi connectivity index (χ4n) is 3.00. The average molecular weight is 348 g/mol. The zero-order valence-corrected chi connectivity index (χ0v) is 14.6. The van der Waals surface area contributed by atoms with E-state index in [-0.39, 0.29) is 24.9 Å². The molecule has 1 fully saturated rings. The van der Waals surface area contributed by atoms with E-state index in [1.807, 2.05) is 12.1 Å². The molecular formula is C18H24N2O5. The molecule has 1 saturated heterocycles. The average Bonchev–Trinajstić information content (AvgIpc) is 2.61. The minimum absolute atomic E-state index is 0.0769. The second-order valence-corrected chi connectivity index (χ2v) is 6.27. The summed E-state index contributed by atoms with van der Waals surface area (Å²) < 4.78 is 5.11. The van der Waals surface area contributed by atoms with Crippen molar-refractivity contribution in [3.63, 3.8) is 0 Å². The first-order valence-corrected chi connectivity index (χ1v) is 8.27. The highest BCUT2D eigenvalue weighted by atomic mass is 16.5. The van der Waals surface area contributed by atoms with Gasteiger partial charge < -0.3 is 19.6 Å². The summed E-state index contributed by atoms with van der Waals surface area (Å²) in [7, 11) is 3.13. The fourth-order valence-corrected chi connectivity index (χ4v) is 3.00. The van der Waals surface area contributed by atoms with Crippen LogP contribution in [0, 0.1) is 5.92 Å². The molecule has 1 aliphatic heterocycles. The van der Waals surface area contributed by atoms with Crippen LogP contribution in [0.5, 0.6) is 0 Å². The third-order valence-corrected chi connectivity index (χ3v) is 4.39. The Morgan fingerprint density at radius 1 is 1.32 bits per heavy atom. The number of carboxylic acids is 1. The van der Waals surface area contributed by atoms with Gasteiger partial charge in [0.15, 0.2) is 0 Å². The van der Waals surface area contributed by atoms with E-state index in [1.54, 1.807) is 26.3 Å². The van der Waals surface area contributed by atoms with Gasteiger partial charge in [0.05, 0.1) is 19.1 Å². The number of carbonyl (C=O) groups is 3. The number of likely N-dealkylation sites (tertiary alicyclic amines) is 1. The van der Waals surface area contributed by atoms with Crippen molar-refractivity contribution in [1.29, 1.82) is 0 Å². The molecule has 0 saturated carbocycles. The van der Waals surface area contributed by atoms with E-state index in [2.05, 4.69) is 0 Å². The van der Waals surface area contributed by atoms with Crippen LogP contribution < -0.4 is 0 Å². The molecule has 0 aliphatic carbocycles. The first-order chi connectivity index (χ1) is 11.9. The molecule has 7 nitrogen and oxygen atoms in total. The molecule has 1 N–H and O–H groups in total. The van der Waals surface area contributed by atoms with Gasteiger partial charge in [0.2, 0.25) is 5.91 Å². The number of nitrogens with zero attached hydrogens (tertiary/aromatic N) is 2. The van der Waals surface area contributed by atoms with Crippen molar-refractivity contribution < 1.29 is 24.2 Å². The van der Waals surface area contributed by atoms with Gasteiger partial charge in [-0.3, -0.25) is 14.4 Å². The Labute approximate surface area is 147 Å². The van der Waals surface area contributed by atoms with E-state index in [9.17, 15) is 14.4 Å². The van der Waals surface area contributed by atoms with Gasteiger partial charge in [-0.1, -0.05) is 18.2 Å². The van der Waals surface area contributed by atoms with E-state index >= 15 is 0 Å². The summed E-state index contributed by atoms with van der Waals surface area (Å²) in [4.78, 5) is 39.1. The summed E-state index contributed by atoms with van der Waals surface area (Å²) >= 11 is 0. The minimum Gasteiger partial charge on any atom is -0.481 e. The molecule has 1 atom stereocenters. The number of methoxy groups -OCH3 is 1. The Kier molecular flexibility index (Phi) is 6.52. The molecule has 136 valence electrons. The van der Waals surface area contributed by atoms with Crippen LogP contribution in [0.3, 0.4) is 0 Å². The van der Waals surface area contributed by atoms with Crippen LogP contribution in [0.1, 0.15) is 28.8 Å². The van der Waals surface area contributed by atoms with Crippen molar-refractivity contribution in [3.05, 3.63) is 35.4 Å². The largest absolute Gasteiger partial charge is 0.481 e. The van der Waals surface area contributed by atoms with Gasteiger partial charge in [0, 0.05) is 32.8 Å². The number of ether oxygens (including phenoxy) is 1. The van der Waals surface area contributed by atoms with Gasteiger partial charge in [-0.05, 0) is 24.5 Å². The van der Waals surface area contributed by atoms with Crippen LogP contribution in [-0.4, -0.2) is 66.5 Å². The maximum absolute atomic E-state index is 12.6. The van der Waals surface area contributed by atoms with Gasteiger partial charge in [-0.25, -0.2) is 0 Å². The molecule has 2 amide bonds. The number of carboxylic acid groups (broad SMARTS) is 1. The van der Waals surface area contributed by atoms with Crippen molar-refractivity contribution >= 4 is 17.8 Å². The number of hydrogen-bond acceptors (Lipinski definition) is 4. The highest BCUT2D eigenvalue weighted by molar-refractivity contribution is 5.97. The second-order valence-electron chi connectivity index (χ2n) is 6.27. The zero-order chi connectivity index (χ0) is 18.4. The molecule has 1 aromatic rings. The van der Waals surface area contributed by atoms with E-state index in [1.165, 1.54) is 9.80 Å². The zero-order valence-electron chi connectivity index (χ0n) is 14.6. The minimum atomic E-state index is -0.879. The molecule has 25 heavy (non-hydrogen) atoms. The van der Waals surface area contributed by atoms with Crippen LogP contribution in [0.15, 0.2) is 24.3 Å². The number of hydrogen-bond donors (Lipinski definition) is 1. The first kappa shape index (κ1) is 18.9. The number of likely N-dealkylation sites (N-methyl/N-ethyl adjacent to an activating group) is 1. The summed E-state index contributed by atoms with van der Waals surface area (Å²) in [5.74, 6) is -1.89. The topological polar surface area (TPSA) is 87.2 Å². The molecule has 7 heteroatoms. The van der Waals surface area contributed by atoms with Crippen LogP contribution >= 0.6 is 0 Å². The molecule has 0 unspecified atom stereocenters. The lowest BCUT2D eigenvalue weighted by Crippen LogP contribution is -2.47. The van der Waals surface area contributed by atoms with Crippen molar-refractivity contribution in [3.8, 4) is 0 Å². The van der Waals surface area contributed by atoms with Gasteiger partial charge in [-0.15, -0.1) is 0 Å². The summed E-state index contributed by atoms with van der Waals surface area (Å²) in [5.41, 5.74) is 1.26. The molecular weight excluding hydrogens is 324 g/mol. The lowest BCUT2D eigenvalue weighted by atomic mass is 9.98. The molecule has 0 bridgehead atoms. The SMILES string of the molecule is COCc1ccccc1C(=O)N(C)CC(=O)N1CCC[C@H](C(=O)O)C1. The molecule has 2 rings (SSSR count). The van der Waals surface area contributed by atoms with Gasteiger partial charge in [0.1, 0.15) is 0 Å². The van der Waals surface area contributed by atoms with Crippen LogP contribution in [-0.2, 0) is 20.9 Å². The van der Waals surface area contributed by atoms with Gasteiger partial charge in [-0.2, -0.15) is 0 Å².